The molecule has 0 radical (unpaired) electrons. The molecule has 19 heavy (non-hydrogen) atoms. The summed E-state index contributed by atoms with van der Waals surface area (Å²) in [4.78, 5) is 14.7. The van der Waals surface area contributed by atoms with Crippen molar-refractivity contribution in [2.75, 3.05) is 26.2 Å². The minimum absolute atomic E-state index is 0.0745. The zero-order valence-electron chi connectivity index (χ0n) is 11.4. The van der Waals surface area contributed by atoms with E-state index in [9.17, 15) is 4.79 Å². The second-order valence-electron chi connectivity index (χ2n) is 5.84. The molecule has 1 amide bonds. The minimum Gasteiger partial charge on any atom is -0.342 e. The molecular weight excluding hydrogens is 236 g/mol. The Kier molecular flexibility index (Phi) is 3.56. The smallest absolute Gasteiger partial charge is 0.230 e. The van der Waals surface area contributed by atoms with Crippen molar-refractivity contribution in [1.82, 2.24) is 10.2 Å². The Labute approximate surface area is 115 Å². The number of carbonyl (C=O) groups excluding carboxylic acids is 1. The van der Waals surface area contributed by atoms with Crippen molar-refractivity contribution in [3.63, 3.8) is 0 Å². The largest absolute Gasteiger partial charge is 0.342 e. The van der Waals surface area contributed by atoms with Crippen LogP contribution in [0.4, 0.5) is 0 Å². The Bertz CT molecular complexity index is 437. The molecule has 2 fully saturated rings. The average molecular weight is 258 g/mol. The van der Waals surface area contributed by atoms with Gasteiger partial charge in [0.25, 0.3) is 0 Å². The molecule has 2 saturated heterocycles. The highest BCUT2D eigenvalue weighted by Gasteiger charge is 2.45. The van der Waals surface area contributed by atoms with Crippen LogP contribution in [0.15, 0.2) is 30.3 Å². The highest BCUT2D eigenvalue weighted by Crippen LogP contribution is 2.36. The van der Waals surface area contributed by atoms with Crippen molar-refractivity contribution in [2.24, 2.45) is 5.41 Å². The Morgan fingerprint density at radius 3 is 2.79 bits per heavy atom. The zero-order valence-corrected chi connectivity index (χ0v) is 11.4. The maximum absolute atomic E-state index is 12.7. The van der Waals surface area contributed by atoms with Crippen LogP contribution in [0.2, 0.25) is 0 Å². The summed E-state index contributed by atoms with van der Waals surface area (Å²) in [6, 6.07) is 10.4. The van der Waals surface area contributed by atoms with Gasteiger partial charge in [0.15, 0.2) is 0 Å². The van der Waals surface area contributed by atoms with Gasteiger partial charge >= 0.3 is 0 Å². The first-order chi connectivity index (χ1) is 9.30. The second kappa shape index (κ2) is 5.33. The van der Waals surface area contributed by atoms with E-state index in [0.29, 0.717) is 5.91 Å². The van der Waals surface area contributed by atoms with Gasteiger partial charge in [0, 0.05) is 19.6 Å². The van der Waals surface area contributed by atoms with E-state index in [1.54, 1.807) is 0 Å². The number of hydrogen-bond acceptors (Lipinski definition) is 2. The standard InChI is InChI=1S/C16H22N2O/c19-15-16(9-10-17-13-16)8-4-11-18(15)12-7-14-5-2-1-3-6-14/h1-3,5-6,17H,4,7-13H2. The van der Waals surface area contributed by atoms with E-state index in [0.717, 1.165) is 51.9 Å². The van der Waals surface area contributed by atoms with Gasteiger partial charge in [0.1, 0.15) is 0 Å². The summed E-state index contributed by atoms with van der Waals surface area (Å²) in [6.45, 7) is 3.68. The van der Waals surface area contributed by atoms with Crippen LogP contribution < -0.4 is 5.32 Å². The van der Waals surface area contributed by atoms with E-state index in [4.69, 9.17) is 0 Å². The van der Waals surface area contributed by atoms with Gasteiger partial charge in [-0.2, -0.15) is 0 Å². The first kappa shape index (κ1) is 12.7. The van der Waals surface area contributed by atoms with Gasteiger partial charge < -0.3 is 10.2 Å². The maximum atomic E-state index is 12.7. The average Bonchev–Trinajstić information content (AvgIpc) is 2.91. The van der Waals surface area contributed by atoms with Crippen LogP contribution >= 0.6 is 0 Å². The third-order valence-corrected chi connectivity index (χ3v) is 4.58. The van der Waals surface area contributed by atoms with E-state index in [2.05, 4.69) is 34.5 Å². The quantitative estimate of drug-likeness (QED) is 0.897. The molecule has 1 atom stereocenters. The van der Waals surface area contributed by atoms with Crippen LogP contribution in [0.1, 0.15) is 24.8 Å². The van der Waals surface area contributed by atoms with Gasteiger partial charge in [-0.1, -0.05) is 30.3 Å². The lowest BCUT2D eigenvalue weighted by atomic mass is 9.78. The molecule has 0 aromatic heterocycles. The van der Waals surface area contributed by atoms with E-state index in [-0.39, 0.29) is 5.41 Å². The van der Waals surface area contributed by atoms with Gasteiger partial charge in [-0.25, -0.2) is 0 Å². The third-order valence-electron chi connectivity index (χ3n) is 4.58. The number of hydrogen-bond donors (Lipinski definition) is 1. The highest BCUT2D eigenvalue weighted by atomic mass is 16.2. The number of carbonyl (C=O) groups is 1. The molecule has 102 valence electrons. The lowest BCUT2D eigenvalue weighted by Gasteiger charge is -2.39. The Morgan fingerprint density at radius 2 is 2.05 bits per heavy atom. The van der Waals surface area contributed by atoms with Crippen molar-refractivity contribution in [3.8, 4) is 0 Å². The molecule has 1 aromatic rings. The van der Waals surface area contributed by atoms with E-state index in [1.807, 2.05) is 6.07 Å². The summed E-state index contributed by atoms with van der Waals surface area (Å²) in [5.41, 5.74) is 1.24. The first-order valence-electron chi connectivity index (χ1n) is 7.34. The van der Waals surface area contributed by atoms with E-state index < -0.39 is 0 Å². The molecule has 1 unspecified atom stereocenters. The van der Waals surface area contributed by atoms with Crippen LogP contribution in [0.5, 0.6) is 0 Å². The van der Waals surface area contributed by atoms with Crippen molar-refractivity contribution >= 4 is 5.91 Å². The van der Waals surface area contributed by atoms with Gasteiger partial charge in [0.05, 0.1) is 5.41 Å². The number of rotatable bonds is 3. The van der Waals surface area contributed by atoms with Crippen LogP contribution in [0.3, 0.4) is 0 Å². The lowest BCUT2D eigenvalue weighted by molar-refractivity contribution is -0.145. The summed E-state index contributed by atoms with van der Waals surface area (Å²) in [5, 5.41) is 3.36. The maximum Gasteiger partial charge on any atom is 0.230 e. The molecule has 2 heterocycles. The van der Waals surface area contributed by atoms with Crippen molar-refractivity contribution in [3.05, 3.63) is 35.9 Å². The highest BCUT2D eigenvalue weighted by molar-refractivity contribution is 5.84. The Balaban J connectivity index is 1.63. The minimum atomic E-state index is -0.0745. The summed E-state index contributed by atoms with van der Waals surface area (Å²) in [7, 11) is 0. The zero-order chi connectivity index (χ0) is 13.1. The van der Waals surface area contributed by atoms with Crippen molar-refractivity contribution in [1.29, 1.82) is 0 Å². The Hall–Kier alpha value is -1.35. The van der Waals surface area contributed by atoms with Gasteiger partial charge in [-0.05, 0) is 37.8 Å². The molecule has 2 aliphatic rings. The predicted molar refractivity (Wildman–Crippen MR) is 75.9 cm³/mol. The first-order valence-corrected chi connectivity index (χ1v) is 7.34. The molecule has 0 bridgehead atoms. The summed E-state index contributed by atoms with van der Waals surface area (Å²) in [5.74, 6) is 0.389. The number of benzene rings is 1. The number of amides is 1. The van der Waals surface area contributed by atoms with Gasteiger partial charge in [-0.3, -0.25) is 4.79 Å². The molecule has 1 spiro atoms. The topological polar surface area (TPSA) is 32.3 Å². The number of nitrogens with one attached hydrogen (secondary N) is 1. The summed E-state index contributed by atoms with van der Waals surface area (Å²) < 4.78 is 0. The molecule has 1 N–H and O–H groups in total. The van der Waals surface area contributed by atoms with E-state index in [1.165, 1.54) is 5.56 Å². The van der Waals surface area contributed by atoms with Crippen LogP contribution in [-0.2, 0) is 11.2 Å². The van der Waals surface area contributed by atoms with Crippen molar-refractivity contribution < 1.29 is 4.79 Å². The summed E-state index contributed by atoms with van der Waals surface area (Å²) in [6.07, 6.45) is 4.21. The Morgan fingerprint density at radius 1 is 1.21 bits per heavy atom. The molecule has 1 aromatic carbocycles. The molecule has 0 aliphatic carbocycles. The molecule has 3 rings (SSSR count). The molecule has 0 saturated carbocycles. The second-order valence-corrected chi connectivity index (χ2v) is 5.84. The number of nitrogens with zero attached hydrogens (tertiary/aromatic N) is 1. The van der Waals surface area contributed by atoms with Crippen LogP contribution in [0.25, 0.3) is 0 Å². The monoisotopic (exact) mass is 258 g/mol. The predicted octanol–water partition coefficient (Wildman–Crippen LogP) is 1.83. The van der Waals surface area contributed by atoms with Crippen LogP contribution in [-0.4, -0.2) is 37.0 Å². The fraction of sp³-hybridized carbons (Fsp3) is 0.562. The summed E-state index contributed by atoms with van der Waals surface area (Å²) >= 11 is 0. The molecule has 2 aliphatic heterocycles. The van der Waals surface area contributed by atoms with Gasteiger partial charge in [-0.15, -0.1) is 0 Å². The fourth-order valence-electron chi connectivity index (χ4n) is 3.41. The SMILES string of the molecule is O=C1N(CCc2ccccc2)CCCC12CCNC2. The third kappa shape index (κ3) is 2.52. The van der Waals surface area contributed by atoms with Crippen LogP contribution in [0, 0.1) is 5.41 Å². The molecule has 3 heteroatoms. The van der Waals surface area contributed by atoms with Crippen molar-refractivity contribution in [2.45, 2.75) is 25.7 Å². The molecule has 3 nitrogen and oxygen atoms in total. The molecular formula is C16H22N2O. The normalized spacial score (nSPS) is 27.2. The number of piperidine rings is 1. The number of likely N-dealkylation sites (tertiary alicyclic amines) is 1. The van der Waals surface area contributed by atoms with E-state index >= 15 is 0 Å². The van der Waals surface area contributed by atoms with Gasteiger partial charge in [0.2, 0.25) is 5.91 Å². The lowest BCUT2D eigenvalue weighted by Crippen LogP contribution is -2.50. The fourth-order valence-corrected chi connectivity index (χ4v) is 3.41.